The number of nitrogen functional groups attached to an aromatic ring is 1. The predicted molar refractivity (Wildman–Crippen MR) is 121 cm³/mol. The molecule has 1 fully saturated rings. The molecule has 3 aromatic rings. The Balaban J connectivity index is 0.000000406. The number of rotatable bonds is 4. The van der Waals surface area contributed by atoms with Crippen molar-refractivity contribution in [2.24, 2.45) is 0 Å². The van der Waals surface area contributed by atoms with Gasteiger partial charge in [-0.1, -0.05) is 42.5 Å². The van der Waals surface area contributed by atoms with Crippen LogP contribution in [0.4, 0.5) is 19.0 Å². The molecule has 0 radical (unpaired) electrons. The zero-order chi connectivity index (χ0) is 24.7. The Kier molecular flexibility index (Phi) is 8.06. The maximum Gasteiger partial charge on any atom is 0.490 e. The van der Waals surface area contributed by atoms with E-state index < -0.39 is 12.1 Å². The number of halogens is 3. The summed E-state index contributed by atoms with van der Waals surface area (Å²) in [7, 11) is 0. The first kappa shape index (κ1) is 25.0. The Labute approximate surface area is 194 Å². The Bertz CT molecular complexity index is 1100. The number of para-hydroxylation sites is 1. The molecule has 1 saturated heterocycles. The molecule has 1 aromatic heterocycles. The van der Waals surface area contributed by atoms with E-state index >= 15 is 0 Å². The van der Waals surface area contributed by atoms with Crippen molar-refractivity contribution in [3.63, 3.8) is 0 Å². The summed E-state index contributed by atoms with van der Waals surface area (Å²) < 4.78 is 31.7. The van der Waals surface area contributed by atoms with Crippen LogP contribution in [0, 0.1) is 0 Å². The standard InChI is InChI=1S/C22H24N4O.C2HF3O2/c23-22-19(14-20(24-25-22)18-8-4-5-9-21(18)27)17-10-12-26(13-11-17)15-16-6-2-1-3-7-16;3-2(4,5)1(6)7/h1-9,14,17,27H,10-13,15H2,(H2,23,25);(H,6,7). The highest BCUT2D eigenvalue weighted by Crippen LogP contribution is 2.35. The summed E-state index contributed by atoms with van der Waals surface area (Å²) in [5, 5.41) is 25.6. The number of phenols is 1. The number of aromatic nitrogens is 2. The van der Waals surface area contributed by atoms with Crippen LogP contribution in [-0.2, 0) is 11.3 Å². The van der Waals surface area contributed by atoms with Crippen LogP contribution in [0.2, 0.25) is 0 Å². The normalized spacial score (nSPS) is 14.8. The van der Waals surface area contributed by atoms with Gasteiger partial charge in [0.15, 0.2) is 0 Å². The summed E-state index contributed by atoms with van der Waals surface area (Å²) in [6, 6.07) is 19.8. The number of carboxylic acids is 1. The molecule has 34 heavy (non-hydrogen) atoms. The summed E-state index contributed by atoms with van der Waals surface area (Å²) >= 11 is 0. The molecule has 0 saturated carbocycles. The van der Waals surface area contributed by atoms with Gasteiger partial charge in [0.05, 0.1) is 5.69 Å². The highest BCUT2D eigenvalue weighted by atomic mass is 19.4. The lowest BCUT2D eigenvalue weighted by molar-refractivity contribution is -0.192. The van der Waals surface area contributed by atoms with Crippen molar-refractivity contribution < 1.29 is 28.2 Å². The van der Waals surface area contributed by atoms with Crippen molar-refractivity contribution in [2.45, 2.75) is 31.5 Å². The fraction of sp³-hybridized carbons (Fsp3) is 0.292. The van der Waals surface area contributed by atoms with Crippen molar-refractivity contribution >= 4 is 11.8 Å². The number of piperidine rings is 1. The van der Waals surface area contributed by atoms with Crippen LogP contribution < -0.4 is 5.73 Å². The predicted octanol–water partition coefficient (Wildman–Crippen LogP) is 4.44. The van der Waals surface area contributed by atoms with E-state index in [4.69, 9.17) is 15.6 Å². The van der Waals surface area contributed by atoms with E-state index in [-0.39, 0.29) is 5.75 Å². The summed E-state index contributed by atoms with van der Waals surface area (Å²) in [5.41, 5.74) is 9.90. The Morgan fingerprint density at radius 3 is 2.21 bits per heavy atom. The molecular formula is C24H25F3N4O3. The van der Waals surface area contributed by atoms with Gasteiger partial charge in [-0.25, -0.2) is 4.79 Å². The Hall–Kier alpha value is -3.66. The number of nitrogens with two attached hydrogens (primary N) is 1. The van der Waals surface area contributed by atoms with Gasteiger partial charge >= 0.3 is 12.1 Å². The van der Waals surface area contributed by atoms with Gasteiger partial charge in [-0.15, -0.1) is 10.2 Å². The van der Waals surface area contributed by atoms with Gasteiger partial charge in [-0.2, -0.15) is 13.2 Å². The second-order valence-electron chi connectivity index (χ2n) is 7.93. The quantitative estimate of drug-likeness (QED) is 0.512. The number of benzene rings is 2. The van der Waals surface area contributed by atoms with E-state index in [0.29, 0.717) is 23.0 Å². The number of alkyl halides is 3. The van der Waals surface area contributed by atoms with Gasteiger partial charge in [0.2, 0.25) is 0 Å². The van der Waals surface area contributed by atoms with E-state index in [1.54, 1.807) is 12.1 Å². The van der Waals surface area contributed by atoms with Gasteiger partial charge in [-0.05, 0) is 55.6 Å². The molecular weight excluding hydrogens is 449 g/mol. The number of carboxylic acid groups (broad SMARTS) is 1. The molecule has 180 valence electrons. The number of aliphatic carboxylic acids is 1. The van der Waals surface area contributed by atoms with Gasteiger partial charge in [-0.3, -0.25) is 4.90 Å². The first-order chi connectivity index (χ1) is 16.1. The number of hydrogen-bond donors (Lipinski definition) is 3. The third-order valence-electron chi connectivity index (χ3n) is 5.55. The fourth-order valence-corrected chi connectivity index (χ4v) is 3.81. The zero-order valence-electron chi connectivity index (χ0n) is 18.2. The third-order valence-corrected chi connectivity index (χ3v) is 5.55. The molecule has 10 heteroatoms. The molecule has 4 rings (SSSR count). The zero-order valence-corrected chi connectivity index (χ0v) is 18.2. The number of hydrogen-bond acceptors (Lipinski definition) is 6. The average molecular weight is 474 g/mol. The molecule has 0 amide bonds. The number of anilines is 1. The van der Waals surface area contributed by atoms with Crippen LogP contribution >= 0.6 is 0 Å². The molecule has 0 atom stereocenters. The molecule has 0 aliphatic carbocycles. The monoisotopic (exact) mass is 474 g/mol. The lowest BCUT2D eigenvalue weighted by Crippen LogP contribution is -2.32. The lowest BCUT2D eigenvalue weighted by atomic mass is 9.89. The van der Waals surface area contributed by atoms with Crippen molar-refractivity contribution in [1.82, 2.24) is 15.1 Å². The van der Waals surface area contributed by atoms with E-state index in [1.807, 2.05) is 18.2 Å². The van der Waals surface area contributed by atoms with Crippen LogP contribution in [-0.4, -0.2) is 50.5 Å². The molecule has 2 aromatic carbocycles. The summed E-state index contributed by atoms with van der Waals surface area (Å²) in [4.78, 5) is 11.4. The summed E-state index contributed by atoms with van der Waals surface area (Å²) in [5.74, 6) is -1.68. The fourth-order valence-electron chi connectivity index (χ4n) is 3.81. The number of likely N-dealkylation sites (tertiary alicyclic amines) is 1. The maximum atomic E-state index is 10.6. The van der Waals surface area contributed by atoms with Crippen molar-refractivity contribution in [3.05, 3.63) is 71.8 Å². The smallest absolute Gasteiger partial charge is 0.490 e. The third kappa shape index (κ3) is 6.67. The Morgan fingerprint density at radius 2 is 1.62 bits per heavy atom. The van der Waals surface area contributed by atoms with Crippen LogP contribution in [0.1, 0.15) is 29.9 Å². The minimum absolute atomic E-state index is 0.209. The SMILES string of the molecule is Nc1nnc(-c2ccccc2O)cc1C1CCN(Cc2ccccc2)CC1.O=C(O)C(F)(F)F. The van der Waals surface area contributed by atoms with Crippen LogP contribution in [0.25, 0.3) is 11.3 Å². The molecule has 4 N–H and O–H groups in total. The van der Waals surface area contributed by atoms with E-state index in [9.17, 15) is 18.3 Å². The molecule has 0 bridgehead atoms. The average Bonchev–Trinajstić information content (AvgIpc) is 2.81. The minimum Gasteiger partial charge on any atom is -0.507 e. The second-order valence-corrected chi connectivity index (χ2v) is 7.93. The topological polar surface area (TPSA) is 113 Å². The second kappa shape index (κ2) is 11.0. The maximum absolute atomic E-state index is 10.6. The van der Waals surface area contributed by atoms with Gasteiger partial charge < -0.3 is 15.9 Å². The highest BCUT2D eigenvalue weighted by Gasteiger charge is 2.38. The van der Waals surface area contributed by atoms with Crippen molar-refractivity contribution in [2.75, 3.05) is 18.8 Å². The van der Waals surface area contributed by atoms with Crippen LogP contribution in [0.15, 0.2) is 60.7 Å². The minimum atomic E-state index is -5.08. The highest BCUT2D eigenvalue weighted by molar-refractivity contribution is 5.73. The number of aromatic hydroxyl groups is 1. The molecule has 0 unspecified atom stereocenters. The largest absolute Gasteiger partial charge is 0.507 e. The van der Waals surface area contributed by atoms with Crippen molar-refractivity contribution in [3.8, 4) is 17.0 Å². The Morgan fingerprint density at radius 1 is 1.03 bits per heavy atom. The molecule has 1 aliphatic rings. The van der Waals surface area contributed by atoms with E-state index in [2.05, 4.69) is 45.4 Å². The van der Waals surface area contributed by atoms with Crippen LogP contribution in [0.5, 0.6) is 5.75 Å². The van der Waals surface area contributed by atoms with Gasteiger partial charge in [0.25, 0.3) is 0 Å². The molecule has 1 aliphatic heterocycles. The molecule has 0 spiro atoms. The first-order valence-electron chi connectivity index (χ1n) is 10.6. The van der Waals surface area contributed by atoms with Gasteiger partial charge in [0, 0.05) is 17.7 Å². The number of phenolic OH excluding ortho intramolecular Hbond substituents is 1. The van der Waals surface area contributed by atoms with Crippen molar-refractivity contribution in [1.29, 1.82) is 0 Å². The van der Waals surface area contributed by atoms with Crippen LogP contribution in [0.3, 0.4) is 0 Å². The van der Waals surface area contributed by atoms with Gasteiger partial charge in [0.1, 0.15) is 11.6 Å². The first-order valence-corrected chi connectivity index (χ1v) is 10.6. The summed E-state index contributed by atoms with van der Waals surface area (Å²) in [6.07, 6.45) is -2.99. The lowest BCUT2D eigenvalue weighted by Gasteiger charge is -2.32. The molecule has 2 heterocycles. The van der Waals surface area contributed by atoms with E-state index in [0.717, 1.165) is 38.0 Å². The number of carbonyl (C=O) groups is 1. The van der Waals surface area contributed by atoms with E-state index in [1.165, 1.54) is 5.56 Å². The molecule has 7 nitrogen and oxygen atoms in total. The number of nitrogens with zero attached hydrogens (tertiary/aromatic N) is 3. The summed E-state index contributed by atoms with van der Waals surface area (Å²) in [6.45, 7) is 3.06.